The van der Waals surface area contributed by atoms with E-state index >= 15 is 0 Å². The van der Waals surface area contributed by atoms with Crippen LogP contribution in [0.3, 0.4) is 0 Å². The van der Waals surface area contributed by atoms with Gasteiger partial charge in [-0.3, -0.25) is 19.0 Å². The third kappa shape index (κ3) is 5.27. The summed E-state index contributed by atoms with van der Waals surface area (Å²) in [5.74, 6) is -0.555. The van der Waals surface area contributed by atoms with Crippen LogP contribution in [0, 0.1) is 12.7 Å². The fourth-order valence-corrected chi connectivity index (χ4v) is 4.95. The molecule has 0 fully saturated rings. The average molecular weight is 560 g/mol. The van der Waals surface area contributed by atoms with Crippen molar-refractivity contribution < 1.29 is 18.7 Å². The number of amides is 1. The van der Waals surface area contributed by atoms with Gasteiger partial charge >= 0.3 is 0 Å². The molecule has 1 unspecified atom stereocenters. The first-order valence-corrected chi connectivity index (χ1v) is 13.2. The lowest BCUT2D eigenvalue weighted by Gasteiger charge is -2.34. The number of Topliss-reactive ketones (excluding diaryl/α,β-unsaturated/α-hetero) is 1. The van der Waals surface area contributed by atoms with Crippen molar-refractivity contribution in [2.45, 2.75) is 46.4 Å². The molecule has 0 bridgehead atoms. The number of hydrogen-bond acceptors (Lipinski definition) is 5. The smallest absolute Gasteiger partial charge is 0.261 e. The monoisotopic (exact) mass is 559 g/mol. The molecule has 0 saturated heterocycles. The summed E-state index contributed by atoms with van der Waals surface area (Å²) in [4.78, 5) is 45.6. The Bertz CT molecular complexity index is 1680. The lowest BCUT2D eigenvalue weighted by molar-refractivity contribution is 0.0652. The molecule has 0 radical (unpaired) electrons. The van der Waals surface area contributed by atoms with Crippen molar-refractivity contribution >= 4 is 23.3 Å². The molecule has 204 valence electrons. The average Bonchev–Trinajstić information content (AvgIpc) is 2.94. The second-order valence-electron chi connectivity index (χ2n) is 9.87. The summed E-state index contributed by atoms with van der Waals surface area (Å²) in [5.41, 5.74) is 2.96. The molecule has 0 aliphatic carbocycles. The van der Waals surface area contributed by atoms with E-state index in [4.69, 9.17) is 21.3 Å². The Hall–Kier alpha value is -4.30. The summed E-state index contributed by atoms with van der Waals surface area (Å²) < 4.78 is 21.5. The van der Waals surface area contributed by atoms with Crippen LogP contribution in [-0.2, 0) is 19.6 Å². The maximum absolute atomic E-state index is 14.3. The van der Waals surface area contributed by atoms with Gasteiger partial charge in [-0.25, -0.2) is 9.37 Å². The Balaban J connectivity index is 1.56. The van der Waals surface area contributed by atoms with Crippen LogP contribution in [-0.4, -0.2) is 32.2 Å². The molecule has 7 nitrogen and oxygen atoms in total. The van der Waals surface area contributed by atoms with E-state index in [1.807, 2.05) is 13.8 Å². The molecule has 5 rings (SSSR count). The number of halogens is 2. The van der Waals surface area contributed by atoms with Gasteiger partial charge in [0.25, 0.3) is 11.5 Å². The van der Waals surface area contributed by atoms with Crippen molar-refractivity contribution in [2.75, 3.05) is 0 Å². The third-order valence-corrected chi connectivity index (χ3v) is 7.50. The molecule has 1 aliphatic heterocycles. The van der Waals surface area contributed by atoms with Crippen LogP contribution in [0.5, 0.6) is 5.75 Å². The van der Waals surface area contributed by atoms with E-state index < -0.39 is 5.82 Å². The molecule has 0 spiro atoms. The topological polar surface area (TPSA) is 81.5 Å². The van der Waals surface area contributed by atoms with Crippen molar-refractivity contribution in [3.05, 3.63) is 122 Å². The van der Waals surface area contributed by atoms with Crippen molar-refractivity contribution in [3.8, 4) is 11.4 Å². The zero-order chi connectivity index (χ0) is 28.6. The van der Waals surface area contributed by atoms with Crippen LogP contribution in [0.25, 0.3) is 5.69 Å². The van der Waals surface area contributed by atoms with E-state index in [0.717, 1.165) is 5.56 Å². The van der Waals surface area contributed by atoms with Crippen LogP contribution < -0.4 is 10.3 Å². The maximum Gasteiger partial charge on any atom is 0.261 e. The van der Waals surface area contributed by atoms with E-state index in [2.05, 4.69) is 0 Å². The van der Waals surface area contributed by atoms with Gasteiger partial charge in [0, 0.05) is 27.8 Å². The molecule has 1 amide bonds. The van der Waals surface area contributed by atoms with E-state index in [1.54, 1.807) is 59.5 Å². The van der Waals surface area contributed by atoms with Gasteiger partial charge in [0.05, 0.1) is 17.9 Å². The highest BCUT2D eigenvalue weighted by Crippen LogP contribution is 2.26. The van der Waals surface area contributed by atoms with Crippen molar-refractivity contribution in [1.82, 2.24) is 14.5 Å². The molecule has 3 aromatic carbocycles. The first-order valence-electron chi connectivity index (χ1n) is 12.8. The van der Waals surface area contributed by atoms with Crippen LogP contribution in [0.4, 0.5) is 4.39 Å². The van der Waals surface area contributed by atoms with E-state index in [0.29, 0.717) is 39.5 Å². The minimum atomic E-state index is -0.538. The maximum atomic E-state index is 14.3. The number of ether oxygens (including phenoxy) is 1. The summed E-state index contributed by atoms with van der Waals surface area (Å²) in [6.45, 7) is 5.13. The van der Waals surface area contributed by atoms with Crippen LogP contribution in [0.2, 0.25) is 5.02 Å². The standard InChI is InChI=1S/C31H27ClFN3O4/c1-18-14-22(10-13-25(18)32)30(38)35-16-27-24(15-19(35)2)31(39)36(23-11-8-21(9-12-23)20(3)37)29(34-27)17-40-28-7-5-4-6-26(28)33/h4-14,19H,15-17H2,1-3H3. The number of fused-ring (bicyclic) bond motifs is 1. The highest BCUT2D eigenvalue weighted by Gasteiger charge is 2.32. The largest absolute Gasteiger partial charge is 0.483 e. The summed E-state index contributed by atoms with van der Waals surface area (Å²) in [6.07, 6.45) is 0.305. The molecule has 40 heavy (non-hydrogen) atoms. The molecular weight excluding hydrogens is 533 g/mol. The van der Waals surface area contributed by atoms with Gasteiger partial charge in [-0.1, -0.05) is 23.7 Å². The highest BCUT2D eigenvalue weighted by molar-refractivity contribution is 6.31. The Labute approximate surface area is 235 Å². The van der Waals surface area contributed by atoms with Gasteiger partial charge in [-0.2, -0.15) is 0 Å². The second kappa shape index (κ2) is 11.1. The number of aryl methyl sites for hydroxylation is 1. The number of aromatic nitrogens is 2. The molecule has 1 atom stereocenters. The molecule has 0 N–H and O–H groups in total. The number of rotatable bonds is 6. The van der Waals surface area contributed by atoms with Gasteiger partial charge in [-0.15, -0.1) is 0 Å². The second-order valence-corrected chi connectivity index (χ2v) is 10.3. The number of carbonyl (C=O) groups excluding carboxylic acids is 2. The van der Waals surface area contributed by atoms with Gasteiger partial charge in [0.2, 0.25) is 0 Å². The molecule has 1 aromatic heterocycles. The number of hydrogen-bond donors (Lipinski definition) is 0. The fourth-order valence-electron chi connectivity index (χ4n) is 4.84. The third-order valence-electron chi connectivity index (χ3n) is 7.07. The minimum Gasteiger partial charge on any atom is -0.483 e. The van der Waals surface area contributed by atoms with Crippen molar-refractivity contribution in [1.29, 1.82) is 0 Å². The number of carbonyl (C=O) groups is 2. The van der Waals surface area contributed by atoms with Gasteiger partial charge in [0.15, 0.2) is 23.2 Å². The first-order chi connectivity index (χ1) is 19.1. The van der Waals surface area contributed by atoms with Gasteiger partial charge in [-0.05, 0) is 87.4 Å². The SMILES string of the molecule is CC(=O)c1ccc(-n2c(COc3ccccc3F)nc3c(c2=O)CC(C)N(C(=O)c2ccc(Cl)c(C)c2)C3)cc1. The predicted molar refractivity (Wildman–Crippen MR) is 150 cm³/mol. The van der Waals surface area contributed by atoms with E-state index in [9.17, 15) is 18.8 Å². The lowest BCUT2D eigenvalue weighted by atomic mass is 9.98. The molecule has 1 aliphatic rings. The quantitative estimate of drug-likeness (QED) is 0.283. The Morgan fingerprint density at radius 3 is 2.45 bits per heavy atom. The molecule has 4 aromatic rings. The number of nitrogens with zero attached hydrogens (tertiary/aromatic N) is 3. The highest BCUT2D eigenvalue weighted by atomic mass is 35.5. The Morgan fingerprint density at radius 2 is 1.77 bits per heavy atom. The molecular formula is C31H27ClFN3O4. The number of benzene rings is 3. The first kappa shape index (κ1) is 27.3. The zero-order valence-electron chi connectivity index (χ0n) is 22.3. The Morgan fingerprint density at radius 1 is 1.07 bits per heavy atom. The zero-order valence-corrected chi connectivity index (χ0v) is 23.0. The van der Waals surface area contributed by atoms with Crippen LogP contribution >= 0.6 is 11.6 Å². The van der Waals surface area contributed by atoms with Crippen LogP contribution in [0.15, 0.2) is 71.5 Å². The Kier molecular flexibility index (Phi) is 7.54. The number of para-hydroxylation sites is 1. The summed E-state index contributed by atoms with van der Waals surface area (Å²) >= 11 is 6.15. The van der Waals surface area contributed by atoms with E-state index in [-0.39, 0.29) is 48.0 Å². The summed E-state index contributed by atoms with van der Waals surface area (Å²) in [5, 5.41) is 0.576. The molecule has 0 saturated carbocycles. The predicted octanol–water partition coefficient (Wildman–Crippen LogP) is 5.70. The molecule has 9 heteroatoms. The normalized spacial score (nSPS) is 14.5. The van der Waals surface area contributed by atoms with Crippen molar-refractivity contribution in [2.24, 2.45) is 0 Å². The molecule has 2 heterocycles. The fraction of sp³-hybridized carbons (Fsp3) is 0.226. The van der Waals surface area contributed by atoms with Gasteiger partial charge < -0.3 is 9.64 Å². The van der Waals surface area contributed by atoms with Crippen molar-refractivity contribution in [3.63, 3.8) is 0 Å². The summed E-state index contributed by atoms with van der Waals surface area (Å²) in [6, 6.07) is 17.5. The minimum absolute atomic E-state index is 0.0245. The number of ketones is 1. The summed E-state index contributed by atoms with van der Waals surface area (Å²) in [7, 11) is 0. The lowest BCUT2D eigenvalue weighted by Crippen LogP contribution is -2.46. The van der Waals surface area contributed by atoms with Crippen LogP contribution in [0.1, 0.15) is 57.2 Å². The van der Waals surface area contributed by atoms with E-state index in [1.165, 1.54) is 23.6 Å². The van der Waals surface area contributed by atoms with Gasteiger partial charge in [0.1, 0.15) is 6.61 Å².